The molecular weight excluding hydrogens is 515 g/mol. The van der Waals surface area contributed by atoms with Gasteiger partial charge in [0.05, 0.1) is 29.2 Å². The number of nitrogens with two attached hydrogens (primary N) is 1. The van der Waals surface area contributed by atoms with Gasteiger partial charge in [0.1, 0.15) is 23.4 Å². The molecule has 0 spiro atoms. The van der Waals surface area contributed by atoms with Crippen LogP contribution in [0, 0.1) is 17.1 Å². The van der Waals surface area contributed by atoms with Gasteiger partial charge in [-0.3, -0.25) is 4.68 Å². The third-order valence-electron chi connectivity index (χ3n) is 8.84. The molecule has 1 aliphatic carbocycles. The van der Waals surface area contributed by atoms with Gasteiger partial charge in [-0.05, 0) is 61.1 Å². The Balaban J connectivity index is 1.54. The monoisotopic (exact) mass is 556 g/mol. The Hall–Kier alpha value is -3.93. The molecule has 2 aliphatic rings. The quantitative estimate of drug-likeness (QED) is 0.381. The van der Waals surface area contributed by atoms with Crippen LogP contribution in [0.3, 0.4) is 0 Å². The number of hydrogen-bond acceptors (Lipinski definition) is 7. The van der Waals surface area contributed by atoms with E-state index in [2.05, 4.69) is 49.5 Å². The summed E-state index contributed by atoms with van der Waals surface area (Å²) in [5.74, 6) is 1.87. The van der Waals surface area contributed by atoms with E-state index in [1.165, 1.54) is 5.56 Å². The van der Waals surface area contributed by atoms with Crippen LogP contribution in [0.2, 0.25) is 0 Å². The van der Waals surface area contributed by atoms with Gasteiger partial charge in [0.15, 0.2) is 5.82 Å². The number of nitriles is 1. The van der Waals surface area contributed by atoms with Crippen LogP contribution >= 0.6 is 0 Å². The van der Waals surface area contributed by atoms with Crippen molar-refractivity contribution in [3.05, 3.63) is 69.7 Å². The number of fused-ring (bicyclic) bond motifs is 2. The highest BCUT2D eigenvalue weighted by atomic mass is 19.1. The Bertz CT molecular complexity index is 1520. The molecule has 0 radical (unpaired) electrons. The molecule has 0 fully saturated rings. The number of aromatic nitrogens is 4. The molecule has 0 amide bonds. The van der Waals surface area contributed by atoms with Crippen LogP contribution in [0.5, 0.6) is 0 Å². The van der Waals surface area contributed by atoms with Gasteiger partial charge < -0.3 is 15.5 Å². The van der Waals surface area contributed by atoms with Crippen LogP contribution in [0.25, 0.3) is 5.70 Å². The number of benzene rings is 1. The van der Waals surface area contributed by atoms with Gasteiger partial charge in [0.25, 0.3) is 0 Å². The molecule has 2 atom stereocenters. The van der Waals surface area contributed by atoms with Gasteiger partial charge in [-0.1, -0.05) is 33.4 Å². The Morgan fingerprint density at radius 1 is 1.27 bits per heavy atom. The fourth-order valence-electron chi connectivity index (χ4n) is 6.24. The first-order valence-corrected chi connectivity index (χ1v) is 14.8. The topological polar surface area (TPSA) is 99.9 Å². The molecule has 9 heteroatoms. The number of aryl methyl sites for hydroxylation is 2. The van der Waals surface area contributed by atoms with Crippen molar-refractivity contribution in [3.8, 4) is 6.07 Å². The minimum atomic E-state index is -0.308. The van der Waals surface area contributed by atoms with Crippen molar-refractivity contribution < 1.29 is 4.39 Å². The highest BCUT2D eigenvalue weighted by Gasteiger charge is 2.32. The number of anilines is 2. The minimum absolute atomic E-state index is 0.153. The van der Waals surface area contributed by atoms with Crippen LogP contribution in [0.1, 0.15) is 97.0 Å². The zero-order chi connectivity index (χ0) is 29.4. The maximum absolute atomic E-state index is 15.7. The van der Waals surface area contributed by atoms with E-state index < -0.39 is 0 Å². The molecule has 1 aliphatic heterocycles. The molecule has 0 saturated heterocycles. The average Bonchev–Trinajstić information content (AvgIpc) is 3.14. The molecule has 2 unspecified atom stereocenters. The molecule has 0 saturated carbocycles. The Morgan fingerprint density at radius 2 is 2.05 bits per heavy atom. The van der Waals surface area contributed by atoms with Crippen LogP contribution in [-0.2, 0) is 32.4 Å². The van der Waals surface area contributed by atoms with E-state index in [-0.39, 0.29) is 11.7 Å². The lowest BCUT2D eigenvalue weighted by Crippen LogP contribution is -2.29. The van der Waals surface area contributed by atoms with E-state index in [0.717, 1.165) is 67.1 Å². The van der Waals surface area contributed by atoms with Crippen molar-refractivity contribution in [1.29, 1.82) is 5.26 Å². The second-order valence-electron chi connectivity index (χ2n) is 11.6. The first-order chi connectivity index (χ1) is 19.7. The maximum Gasteiger partial charge on any atom is 0.175 e. The average molecular weight is 557 g/mol. The smallest absolute Gasteiger partial charge is 0.175 e. The largest absolute Gasteiger partial charge is 0.398 e. The lowest BCUT2D eigenvalue weighted by molar-refractivity contribution is 0.551. The molecule has 3 aromatic rings. The zero-order valence-corrected chi connectivity index (χ0v) is 25.0. The molecule has 2 aromatic heterocycles. The predicted octanol–water partition coefficient (Wildman–Crippen LogP) is 5.56. The molecule has 5 rings (SSSR count). The molecule has 1 aromatic carbocycles. The second kappa shape index (κ2) is 11.5. The third-order valence-corrected chi connectivity index (χ3v) is 8.84. The van der Waals surface area contributed by atoms with Crippen molar-refractivity contribution in [1.82, 2.24) is 24.6 Å². The van der Waals surface area contributed by atoms with E-state index in [1.54, 1.807) is 9.58 Å². The second-order valence-corrected chi connectivity index (χ2v) is 11.6. The van der Waals surface area contributed by atoms with Gasteiger partial charge in [-0.25, -0.2) is 14.4 Å². The lowest BCUT2D eigenvalue weighted by atomic mass is 9.76. The molecule has 2 N–H and O–H groups in total. The fourth-order valence-corrected chi connectivity index (χ4v) is 6.24. The van der Waals surface area contributed by atoms with Crippen molar-refractivity contribution in [3.63, 3.8) is 0 Å². The van der Waals surface area contributed by atoms with Crippen LogP contribution in [0.4, 0.5) is 15.9 Å². The van der Waals surface area contributed by atoms with Crippen LogP contribution in [0.15, 0.2) is 18.7 Å². The SMILES string of the molecule is C=C(c1nn2c(c1F)CN(c1nc(CC)nc3c1CCC(c1c(C(C)CC)ccc(N)c1C#N)C3)CCC2)N(C)C. The summed E-state index contributed by atoms with van der Waals surface area (Å²) in [6.45, 7) is 12.3. The predicted molar refractivity (Wildman–Crippen MR) is 161 cm³/mol. The summed E-state index contributed by atoms with van der Waals surface area (Å²) in [4.78, 5) is 14.0. The fraction of sp³-hybridized carbons (Fsp3) is 0.500. The van der Waals surface area contributed by atoms with Crippen LogP contribution in [-0.4, -0.2) is 45.3 Å². The van der Waals surface area contributed by atoms with Gasteiger partial charge in [0.2, 0.25) is 0 Å². The minimum Gasteiger partial charge on any atom is -0.398 e. The molecule has 0 bridgehead atoms. The van der Waals surface area contributed by atoms with Gasteiger partial charge in [-0.2, -0.15) is 10.4 Å². The highest BCUT2D eigenvalue weighted by molar-refractivity contribution is 5.63. The van der Waals surface area contributed by atoms with Crippen molar-refractivity contribution in [2.24, 2.45) is 0 Å². The first kappa shape index (κ1) is 28.6. The maximum atomic E-state index is 15.7. The van der Waals surface area contributed by atoms with E-state index in [4.69, 9.17) is 15.7 Å². The Kier molecular flexibility index (Phi) is 8.03. The number of rotatable bonds is 7. The van der Waals surface area contributed by atoms with Crippen LogP contribution < -0.4 is 10.6 Å². The summed E-state index contributed by atoms with van der Waals surface area (Å²) in [5, 5.41) is 14.7. The van der Waals surface area contributed by atoms with Crippen molar-refractivity contribution >= 4 is 17.2 Å². The van der Waals surface area contributed by atoms with Gasteiger partial charge in [0, 0.05) is 44.9 Å². The molecular formula is C32H41FN8. The van der Waals surface area contributed by atoms with E-state index in [0.29, 0.717) is 53.8 Å². The zero-order valence-electron chi connectivity index (χ0n) is 25.0. The summed E-state index contributed by atoms with van der Waals surface area (Å²) in [7, 11) is 3.70. The Labute approximate surface area is 242 Å². The summed E-state index contributed by atoms with van der Waals surface area (Å²) in [5.41, 5.74) is 13.4. The summed E-state index contributed by atoms with van der Waals surface area (Å²) in [6.07, 6.45) is 4.92. The first-order valence-electron chi connectivity index (χ1n) is 14.8. The summed E-state index contributed by atoms with van der Waals surface area (Å²) >= 11 is 0. The number of nitrogen functional groups attached to an aromatic ring is 1. The Morgan fingerprint density at radius 3 is 2.73 bits per heavy atom. The lowest BCUT2D eigenvalue weighted by Gasteiger charge is -2.32. The standard InChI is InChI=1S/C32H41FN8/c1-7-19(3)22-12-13-25(35)24(17-34)29(22)21-10-11-23-26(16-21)36-28(8-2)37-32(23)40-14-9-15-41-27(18-40)30(33)31(38-41)20(4)39(5)6/h12-13,19,21H,4,7-11,14-16,18,35H2,1-3,5-6H3. The van der Waals surface area contributed by atoms with Gasteiger partial charge in [-0.15, -0.1) is 0 Å². The number of hydrogen-bond donors (Lipinski definition) is 1. The number of halogens is 1. The normalized spacial score (nSPS) is 17.3. The number of nitrogens with zero attached hydrogens (tertiary/aromatic N) is 7. The van der Waals surface area contributed by atoms with E-state index in [9.17, 15) is 5.26 Å². The molecule has 41 heavy (non-hydrogen) atoms. The summed E-state index contributed by atoms with van der Waals surface area (Å²) in [6, 6.07) is 6.39. The summed E-state index contributed by atoms with van der Waals surface area (Å²) < 4.78 is 17.5. The molecule has 216 valence electrons. The van der Waals surface area contributed by atoms with Gasteiger partial charge >= 0.3 is 0 Å². The van der Waals surface area contributed by atoms with E-state index >= 15 is 4.39 Å². The van der Waals surface area contributed by atoms with E-state index in [1.807, 2.05) is 20.2 Å². The molecule has 8 nitrogen and oxygen atoms in total. The third kappa shape index (κ3) is 5.16. The van der Waals surface area contributed by atoms with Crippen molar-refractivity contribution in [2.75, 3.05) is 31.3 Å². The van der Waals surface area contributed by atoms with Crippen molar-refractivity contribution in [2.45, 2.75) is 84.2 Å². The highest BCUT2D eigenvalue weighted by Crippen LogP contribution is 2.42. The molecule has 3 heterocycles.